The van der Waals surface area contributed by atoms with Gasteiger partial charge in [-0.1, -0.05) is 52.3 Å². The van der Waals surface area contributed by atoms with Crippen LogP contribution in [-0.4, -0.2) is 18.1 Å². The maximum absolute atomic E-state index is 12.7. The molecule has 0 unspecified atom stereocenters. The highest BCUT2D eigenvalue weighted by Crippen LogP contribution is 2.25. The van der Waals surface area contributed by atoms with Gasteiger partial charge in [-0.05, 0) is 29.0 Å². The van der Waals surface area contributed by atoms with E-state index in [0.29, 0.717) is 6.54 Å². The second-order valence-electron chi connectivity index (χ2n) is 4.37. The van der Waals surface area contributed by atoms with Crippen LogP contribution in [0.1, 0.15) is 18.4 Å². The van der Waals surface area contributed by atoms with Crippen LogP contribution in [-0.2, 0) is 6.54 Å². The van der Waals surface area contributed by atoms with E-state index in [1.54, 1.807) is 0 Å². The lowest BCUT2D eigenvalue weighted by atomic mass is 10.1. The second-order valence-corrected chi connectivity index (χ2v) is 5.39. The van der Waals surface area contributed by atoms with Crippen LogP contribution < -0.4 is 0 Å². The van der Waals surface area contributed by atoms with Gasteiger partial charge in [-0.3, -0.25) is 0 Å². The van der Waals surface area contributed by atoms with Crippen LogP contribution in [0.4, 0.5) is 4.39 Å². The molecule has 1 nitrogen and oxygen atoms in total. The molecule has 0 fully saturated rings. The zero-order valence-electron chi connectivity index (χ0n) is 10.3. The van der Waals surface area contributed by atoms with Crippen LogP contribution in [0, 0.1) is 0 Å². The quantitative estimate of drug-likeness (QED) is 0.778. The van der Waals surface area contributed by atoms with Gasteiger partial charge >= 0.3 is 0 Å². The van der Waals surface area contributed by atoms with Crippen LogP contribution >= 0.6 is 15.9 Å². The first-order valence-corrected chi connectivity index (χ1v) is 6.99. The zero-order chi connectivity index (χ0) is 12.8. The van der Waals surface area contributed by atoms with E-state index < -0.39 is 0 Å². The smallest absolute Gasteiger partial charge is 0.107 e. The molecule has 0 heterocycles. The molecule has 96 valence electrons. The van der Waals surface area contributed by atoms with Crippen molar-refractivity contribution < 1.29 is 4.39 Å². The van der Waals surface area contributed by atoms with Gasteiger partial charge in [-0.25, -0.2) is 4.39 Å². The number of rotatable bonds is 5. The number of hydrogen-bond donors (Lipinski definition) is 0. The van der Waals surface area contributed by atoms with Crippen LogP contribution in [0.15, 0.2) is 52.7 Å². The van der Waals surface area contributed by atoms with Crippen LogP contribution in [0.2, 0.25) is 0 Å². The topological polar surface area (TPSA) is 3.24 Å². The van der Waals surface area contributed by atoms with Crippen molar-refractivity contribution in [1.82, 2.24) is 4.90 Å². The van der Waals surface area contributed by atoms with Crippen molar-refractivity contribution >= 4 is 15.9 Å². The lowest BCUT2D eigenvalue weighted by Gasteiger charge is -2.28. The SMILES string of the molecule is FCCN(Cc1ccccc1)C1=CC=C(Br)CC1. The molecule has 3 heteroatoms. The van der Waals surface area contributed by atoms with Crippen molar-refractivity contribution in [3.8, 4) is 0 Å². The maximum Gasteiger partial charge on any atom is 0.107 e. The van der Waals surface area contributed by atoms with Crippen molar-refractivity contribution in [2.24, 2.45) is 0 Å². The van der Waals surface area contributed by atoms with Crippen LogP contribution in [0.5, 0.6) is 0 Å². The summed E-state index contributed by atoms with van der Waals surface area (Å²) in [5, 5.41) is 0. The van der Waals surface area contributed by atoms with Crippen LogP contribution in [0.3, 0.4) is 0 Å². The van der Waals surface area contributed by atoms with E-state index in [1.165, 1.54) is 15.7 Å². The molecule has 0 aromatic heterocycles. The normalized spacial score (nSPS) is 15.0. The highest BCUT2D eigenvalue weighted by Gasteiger charge is 2.12. The average Bonchev–Trinajstić information content (AvgIpc) is 2.40. The Morgan fingerprint density at radius 1 is 1.11 bits per heavy atom. The van der Waals surface area contributed by atoms with Crippen molar-refractivity contribution in [2.45, 2.75) is 19.4 Å². The second kappa shape index (κ2) is 6.74. The first-order chi connectivity index (χ1) is 8.79. The molecule has 0 saturated heterocycles. The summed E-state index contributed by atoms with van der Waals surface area (Å²) < 4.78 is 13.9. The fourth-order valence-corrected chi connectivity index (χ4v) is 2.42. The molecule has 0 saturated carbocycles. The molecular weight excluding hydrogens is 293 g/mol. The summed E-state index contributed by atoms with van der Waals surface area (Å²) in [5.41, 5.74) is 2.44. The molecule has 1 aliphatic rings. The molecule has 18 heavy (non-hydrogen) atoms. The molecule has 0 radical (unpaired) electrons. The molecule has 1 aromatic carbocycles. The number of alkyl halides is 1. The Bertz CT molecular complexity index is 439. The minimum absolute atomic E-state index is 0.310. The number of allylic oxidation sites excluding steroid dienone is 4. The van der Waals surface area contributed by atoms with Gasteiger partial charge in [-0.2, -0.15) is 0 Å². The Morgan fingerprint density at radius 3 is 2.50 bits per heavy atom. The first-order valence-electron chi connectivity index (χ1n) is 6.19. The molecule has 2 rings (SSSR count). The first kappa shape index (κ1) is 13.3. The predicted octanol–water partition coefficient (Wildman–Crippen LogP) is 4.41. The summed E-state index contributed by atoms with van der Waals surface area (Å²) >= 11 is 3.49. The molecule has 0 N–H and O–H groups in total. The van der Waals surface area contributed by atoms with E-state index in [4.69, 9.17) is 0 Å². The Hall–Kier alpha value is -1.09. The van der Waals surface area contributed by atoms with Crippen molar-refractivity contribution in [3.63, 3.8) is 0 Å². The summed E-state index contributed by atoms with van der Waals surface area (Å²) in [4.78, 5) is 2.13. The van der Waals surface area contributed by atoms with E-state index in [2.05, 4.69) is 45.1 Å². The molecule has 1 aliphatic carbocycles. The van der Waals surface area contributed by atoms with Crippen molar-refractivity contribution in [1.29, 1.82) is 0 Å². The maximum atomic E-state index is 12.7. The monoisotopic (exact) mass is 309 g/mol. The summed E-state index contributed by atoms with van der Waals surface area (Å²) in [6.45, 7) is 0.934. The molecule has 0 spiro atoms. The molecule has 0 amide bonds. The van der Waals surface area contributed by atoms with Crippen molar-refractivity contribution in [2.75, 3.05) is 13.2 Å². The van der Waals surface area contributed by atoms with E-state index in [1.807, 2.05) is 18.2 Å². The molecule has 0 aliphatic heterocycles. The van der Waals surface area contributed by atoms with E-state index in [-0.39, 0.29) is 6.67 Å². The molecule has 1 aromatic rings. The standard InChI is InChI=1S/C15H17BrFN/c16-14-6-8-15(9-7-14)18(11-10-17)12-13-4-2-1-3-5-13/h1-6,8H,7,9-12H2. The van der Waals surface area contributed by atoms with Gasteiger partial charge in [0, 0.05) is 18.8 Å². The van der Waals surface area contributed by atoms with E-state index in [9.17, 15) is 4.39 Å². The third-order valence-corrected chi connectivity index (χ3v) is 3.71. The van der Waals surface area contributed by atoms with Gasteiger partial charge in [0.1, 0.15) is 6.67 Å². The van der Waals surface area contributed by atoms with Gasteiger partial charge in [-0.15, -0.1) is 0 Å². The predicted molar refractivity (Wildman–Crippen MR) is 77.2 cm³/mol. The summed E-state index contributed by atoms with van der Waals surface area (Å²) in [6, 6.07) is 10.2. The number of benzene rings is 1. The number of nitrogens with zero attached hydrogens (tertiary/aromatic N) is 1. The van der Waals surface area contributed by atoms with Gasteiger partial charge in [0.15, 0.2) is 0 Å². The Labute approximate surface area is 116 Å². The average molecular weight is 310 g/mol. The van der Waals surface area contributed by atoms with E-state index >= 15 is 0 Å². The minimum atomic E-state index is -0.310. The number of halogens is 2. The fraction of sp³-hybridized carbons (Fsp3) is 0.333. The Kier molecular flexibility index (Phi) is 5.00. The third kappa shape index (κ3) is 3.70. The van der Waals surface area contributed by atoms with Gasteiger partial charge in [0.2, 0.25) is 0 Å². The molecule has 0 atom stereocenters. The largest absolute Gasteiger partial charge is 0.368 e. The van der Waals surface area contributed by atoms with Crippen LogP contribution in [0.25, 0.3) is 0 Å². The van der Waals surface area contributed by atoms with Crippen molar-refractivity contribution in [3.05, 3.63) is 58.2 Å². The number of hydrogen-bond acceptors (Lipinski definition) is 1. The highest BCUT2D eigenvalue weighted by molar-refractivity contribution is 9.11. The summed E-state index contributed by atoms with van der Waals surface area (Å²) in [5.74, 6) is 0. The zero-order valence-corrected chi connectivity index (χ0v) is 11.9. The van der Waals surface area contributed by atoms with Gasteiger partial charge in [0.25, 0.3) is 0 Å². The summed E-state index contributed by atoms with van der Waals surface area (Å²) in [7, 11) is 0. The Morgan fingerprint density at radius 2 is 1.89 bits per heavy atom. The van der Waals surface area contributed by atoms with Gasteiger partial charge in [0.05, 0.1) is 0 Å². The Balaban J connectivity index is 2.09. The molecule has 0 bridgehead atoms. The minimum Gasteiger partial charge on any atom is -0.368 e. The fourth-order valence-electron chi connectivity index (χ4n) is 2.09. The lowest BCUT2D eigenvalue weighted by molar-refractivity contribution is 0.287. The molecular formula is C15H17BrFN. The van der Waals surface area contributed by atoms with Gasteiger partial charge < -0.3 is 4.90 Å². The highest BCUT2D eigenvalue weighted by atomic mass is 79.9. The van der Waals surface area contributed by atoms with E-state index in [0.717, 1.165) is 19.4 Å². The lowest BCUT2D eigenvalue weighted by Crippen LogP contribution is -2.25. The third-order valence-electron chi connectivity index (χ3n) is 3.05. The summed E-state index contributed by atoms with van der Waals surface area (Å²) in [6.07, 6.45) is 6.13.